The van der Waals surface area contributed by atoms with Gasteiger partial charge in [0.05, 0.1) is 26.3 Å². The maximum Gasteiger partial charge on any atom is 0.416 e. The van der Waals surface area contributed by atoms with E-state index < -0.39 is 11.7 Å². The summed E-state index contributed by atoms with van der Waals surface area (Å²) < 4.78 is 48.6. The minimum absolute atomic E-state index is 0.605. The number of halogens is 3. The molecule has 0 radical (unpaired) electrons. The van der Waals surface area contributed by atoms with E-state index in [2.05, 4.69) is 0 Å². The van der Waals surface area contributed by atoms with Crippen LogP contribution in [0.1, 0.15) is 22.3 Å². The van der Waals surface area contributed by atoms with Gasteiger partial charge in [-0.05, 0) is 29.8 Å². The summed E-state index contributed by atoms with van der Waals surface area (Å²) in [5.41, 5.74) is 2.75. The summed E-state index contributed by atoms with van der Waals surface area (Å²) in [5, 5.41) is 0. The van der Waals surface area contributed by atoms with Gasteiger partial charge in [0.25, 0.3) is 0 Å². The number of rotatable bonds is 4. The number of benzene rings is 2. The first-order chi connectivity index (χ1) is 11.9. The highest BCUT2D eigenvalue weighted by Gasteiger charge is 2.30. The summed E-state index contributed by atoms with van der Waals surface area (Å²) in [6.45, 7) is 2.45. The molecule has 0 saturated carbocycles. The van der Waals surface area contributed by atoms with Crippen LogP contribution in [0.5, 0.6) is 11.5 Å². The molecule has 2 aromatic carbocycles. The van der Waals surface area contributed by atoms with Crippen molar-refractivity contribution in [2.45, 2.75) is 25.7 Å². The third-order valence-electron chi connectivity index (χ3n) is 4.63. The van der Waals surface area contributed by atoms with Crippen LogP contribution >= 0.6 is 0 Å². The van der Waals surface area contributed by atoms with Gasteiger partial charge in [-0.3, -0.25) is 0 Å². The Morgan fingerprint density at radius 3 is 2.12 bits per heavy atom. The first-order valence-electron chi connectivity index (χ1n) is 8.14. The zero-order valence-electron chi connectivity index (χ0n) is 14.2. The molecule has 1 atom stereocenters. The van der Waals surface area contributed by atoms with Gasteiger partial charge in [-0.2, -0.15) is 13.2 Å². The van der Waals surface area contributed by atoms with Crippen molar-refractivity contribution < 1.29 is 27.5 Å². The zero-order chi connectivity index (χ0) is 18.0. The molecule has 3 nitrogen and oxygen atoms in total. The Morgan fingerprint density at radius 1 is 0.960 bits per heavy atom. The van der Waals surface area contributed by atoms with Gasteiger partial charge >= 0.3 is 6.18 Å². The van der Waals surface area contributed by atoms with E-state index in [0.717, 1.165) is 43.0 Å². The molecule has 1 unspecified atom stereocenters. The highest BCUT2D eigenvalue weighted by atomic mass is 19.4. The van der Waals surface area contributed by atoms with Gasteiger partial charge in [-0.25, -0.2) is 0 Å². The lowest BCUT2D eigenvalue weighted by Crippen LogP contribution is -3.10. The lowest BCUT2D eigenvalue weighted by atomic mass is 9.98. The van der Waals surface area contributed by atoms with Crippen molar-refractivity contribution in [2.75, 3.05) is 20.8 Å². The normalized spacial score (nSPS) is 17.1. The number of quaternary nitrogens is 1. The van der Waals surface area contributed by atoms with Crippen LogP contribution in [0.3, 0.4) is 0 Å². The van der Waals surface area contributed by atoms with Crippen LogP contribution in [0.25, 0.3) is 0 Å². The Labute approximate surface area is 145 Å². The van der Waals surface area contributed by atoms with Crippen molar-refractivity contribution in [1.82, 2.24) is 0 Å². The van der Waals surface area contributed by atoms with Gasteiger partial charge < -0.3 is 14.4 Å². The van der Waals surface area contributed by atoms with Crippen LogP contribution < -0.4 is 14.4 Å². The minimum atomic E-state index is -4.29. The predicted octanol–water partition coefficient (Wildman–Crippen LogP) is 2.86. The number of fused-ring (bicyclic) bond motifs is 1. The molecule has 0 bridgehead atoms. The Hall–Kier alpha value is -2.21. The van der Waals surface area contributed by atoms with E-state index in [1.165, 1.54) is 16.0 Å². The minimum Gasteiger partial charge on any atom is -0.493 e. The van der Waals surface area contributed by atoms with E-state index in [1.54, 1.807) is 26.4 Å². The smallest absolute Gasteiger partial charge is 0.416 e. The summed E-state index contributed by atoms with van der Waals surface area (Å²) in [6.07, 6.45) is -3.38. The van der Waals surface area contributed by atoms with E-state index in [0.29, 0.717) is 12.3 Å². The average Bonchev–Trinajstić information content (AvgIpc) is 2.60. The van der Waals surface area contributed by atoms with Crippen molar-refractivity contribution in [2.24, 2.45) is 0 Å². The molecule has 0 fully saturated rings. The number of hydrogen-bond donors (Lipinski definition) is 1. The molecule has 1 heterocycles. The molecule has 2 aromatic rings. The largest absolute Gasteiger partial charge is 0.493 e. The lowest BCUT2D eigenvalue weighted by Gasteiger charge is -2.27. The SMILES string of the molecule is COc1cc2c(cc1OC)C[NH+](Cc1ccc(C(F)(F)F)cc1)CC2. The van der Waals surface area contributed by atoms with Gasteiger partial charge in [0.1, 0.15) is 13.1 Å². The fourth-order valence-corrected chi connectivity index (χ4v) is 3.28. The molecule has 0 aromatic heterocycles. The second-order valence-electron chi connectivity index (χ2n) is 6.27. The summed E-state index contributed by atoms with van der Waals surface area (Å²) in [6, 6.07) is 9.46. The second-order valence-corrected chi connectivity index (χ2v) is 6.27. The number of alkyl halides is 3. The van der Waals surface area contributed by atoms with E-state index in [-0.39, 0.29) is 0 Å². The molecule has 134 valence electrons. The maximum absolute atomic E-state index is 12.6. The number of ether oxygens (including phenoxy) is 2. The Balaban J connectivity index is 1.72. The molecule has 0 aliphatic carbocycles. The molecule has 1 aliphatic rings. The molecule has 3 rings (SSSR count). The topological polar surface area (TPSA) is 22.9 Å². The monoisotopic (exact) mass is 352 g/mol. The quantitative estimate of drug-likeness (QED) is 0.914. The van der Waals surface area contributed by atoms with Gasteiger partial charge in [0.2, 0.25) is 0 Å². The van der Waals surface area contributed by atoms with Crippen LogP contribution in [-0.4, -0.2) is 20.8 Å². The first-order valence-corrected chi connectivity index (χ1v) is 8.14. The van der Waals surface area contributed by atoms with Crippen LogP contribution in [0, 0.1) is 0 Å². The number of nitrogens with one attached hydrogen (secondary N) is 1. The number of hydrogen-bond acceptors (Lipinski definition) is 2. The Morgan fingerprint density at radius 2 is 1.56 bits per heavy atom. The van der Waals surface area contributed by atoms with Crippen LogP contribution in [-0.2, 0) is 25.7 Å². The van der Waals surface area contributed by atoms with Gasteiger partial charge in [-0.15, -0.1) is 0 Å². The number of methoxy groups -OCH3 is 2. The first kappa shape index (κ1) is 17.6. The van der Waals surface area contributed by atoms with E-state index in [9.17, 15) is 13.2 Å². The molecule has 0 spiro atoms. The molecule has 0 saturated heterocycles. The molecule has 1 N–H and O–H groups in total. The summed E-state index contributed by atoms with van der Waals surface area (Å²) in [7, 11) is 3.23. The van der Waals surface area contributed by atoms with Gasteiger partial charge in [0.15, 0.2) is 11.5 Å². The summed E-state index contributed by atoms with van der Waals surface area (Å²) in [4.78, 5) is 1.32. The van der Waals surface area contributed by atoms with Crippen molar-refractivity contribution in [3.8, 4) is 11.5 Å². The second kappa shape index (κ2) is 6.96. The van der Waals surface area contributed by atoms with Crippen molar-refractivity contribution in [3.05, 3.63) is 58.7 Å². The molecular formula is C19H21F3NO2+. The third-order valence-corrected chi connectivity index (χ3v) is 4.63. The molecular weight excluding hydrogens is 331 g/mol. The molecule has 1 aliphatic heterocycles. The maximum atomic E-state index is 12.6. The van der Waals surface area contributed by atoms with Crippen LogP contribution in [0.4, 0.5) is 13.2 Å². The van der Waals surface area contributed by atoms with Gasteiger partial charge in [0, 0.05) is 17.5 Å². The van der Waals surface area contributed by atoms with Gasteiger partial charge in [-0.1, -0.05) is 12.1 Å². The third kappa shape index (κ3) is 3.90. The lowest BCUT2D eigenvalue weighted by molar-refractivity contribution is -0.929. The fraction of sp³-hybridized carbons (Fsp3) is 0.368. The van der Waals surface area contributed by atoms with Crippen molar-refractivity contribution in [3.63, 3.8) is 0 Å². The van der Waals surface area contributed by atoms with E-state index >= 15 is 0 Å². The van der Waals surface area contributed by atoms with Crippen LogP contribution in [0.2, 0.25) is 0 Å². The molecule has 6 heteroatoms. The Kier molecular flexibility index (Phi) is 4.90. The summed E-state index contributed by atoms with van der Waals surface area (Å²) in [5.74, 6) is 1.43. The van der Waals surface area contributed by atoms with Crippen molar-refractivity contribution >= 4 is 0 Å². The molecule has 0 amide bonds. The van der Waals surface area contributed by atoms with Crippen LogP contribution in [0.15, 0.2) is 36.4 Å². The highest BCUT2D eigenvalue weighted by molar-refractivity contribution is 5.47. The average molecular weight is 352 g/mol. The standard InChI is InChI=1S/C19H20F3NO2/c1-24-17-9-14-7-8-23(12-15(14)10-18(17)25-2)11-13-3-5-16(6-4-13)19(20,21)22/h3-6,9-10H,7-8,11-12H2,1-2H3/p+1. The van der Waals surface area contributed by atoms with E-state index in [4.69, 9.17) is 9.47 Å². The Bertz CT molecular complexity index is 742. The van der Waals surface area contributed by atoms with Crippen molar-refractivity contribution in [1.29, 1.82) is 0 Å². The zero-order valence-corrected chi connectivity index (χ0v) is 14.2. The van der Waals surface area contributed by atoms with E-state index in [1.807, 2.05) is 12.1 Å². The highest BCUT2D eigenvalue weighted by Crippen LogP contribution is 2.31. The molecule has 25 heavy (non-hydrogen) atoms. The summed E-state index contributed by atoms with van der Waals surface area (Å²) >= 11 is 0. The predicted molar refractivity (Wildman–Crippen MR) is 87.9 cm³/mol. The fourth-order valence-electron chi connectivity index (χ4n) is 3.28.